The molecule has 0 spiro atoms. The molecule has 1 unspecified atom stereocenters. The van der Waals surface area contributed by atoms with Gasteiger partial charge in [0.25, 0.3) is 0 Å². The summed E-state index contributed by atoms with van der Waals surface area (Å²) in [7, 11) is 0. The summed E-state index contributed by atoms with van der Waals surface area (Å²) in [5.41, 5.74) is 0.182. The van der Waals surface area contributed by atoms with Crippen molar-refractivity contribution < 1.29 is 9.53 Å². The van der Waals surface area contributed by atoms with Gasteiger partial charge in [0.2, 0.25) is 0 Å². The first kappa shape index (κ1) is 12.3. The lowest BCUT2D eigenvalue weighted by molar-refractivity contribution is -0.0325. The van der Waals surface area contributed by atoms with Crippen molar-refractivity contribution in [1.82, 2.24) is 4.98 Å². The highest BCUT2D eigenvalue weighted by Crippen LogP contribution is 2.31. The van der Waals surface area contributed by atoms with Crippen molar-refractivity contribution in [3.8, 4) is 0 Å². The van der Waals surface area contributed by atoms with Crippen LogP contribution in [0.15, 0.2) is 5.38 Å². The van der Waals surface area contributed by atoms with Crippen LogP contribution in [0.1, 0.15) is 49.6 Å². The molecule has 0 aliphatic rings. The van der Waals surface area contributed by atoms with Crippen molar-refractivity contribution in [1.29, 1.82) is 0 Å². The minimum atomic E-state index is -0.354. The summed E-state index contributed by atoms with van der Waals surface area (Å²) < 4.78 is 5.69. The summed E-state index contributed by atoms with van der Waals surface area (Å²) in [5.74, 6) is 0.00690. The van der Waals surface area contributed by atoms with E-state index in [-0.39, 0.29) is 11.4 Å². The third-order valence-corrected chi connectivity index (χ3v) is 3.54. The van der Waals surface area contributed by atoms with Gasteiger partial charge in [-0.05, 0) is 20.3 Å². The highest BCUT2D eigenvalue weighted by Gasteiger charge is 2.28. The molecule has 0 aliphatic carbocycles. The summed E-state index contributed by atoms with van der Waals surface area (Å²) in [6.07, 6.45) is 0.853. The van der Waals surface area contributed by atoms with E-state index in [0.29, 0.717) is 12.3 Å². The molecule has 1 aromatic rings. The molecule has 0 N–H and O–H groups in total. The van der Waals surface area contributed by atoms with Crippen molar-refractivity contribution in [2.75, 3.05) is 6.61 Å². The highest BCUT2D eigenvalue weighted by atomic mass is 32.1. The van der Waals surface area contributed by atoms with E-state index < -0.39 is 0 Å². The number of thiazole rings is 1. The number of aromatic nitrogens is 1. The average Bonchev–Trinajstić information content (AvgIpc) is 2.67. The molecule has 0 amide bonds. The van der Waals surface area contributed by atoms with Crippen LogP contribution in [0, 0.1) is 0 Å². The van der Waals surface area contributed by atoms with Gasteiger partial charge in [-0.15, -0.1) is 11.3 Å². The molecule has 1 rings (SSSR count). The number of hydrogen-bond donors (Lipinski definition) is 0. The Hall–Kier alpha value is -0.740. The molecule has 4 heteroatoms. The standard InChI is InChI=1S/C11H17NO2S/c1-5-11(4,14-6-2)10-12-9(7-15-10)8(3)13/h7H,5-6H2,1-4H3. The number of nitrogens with zero attached hydrogens (tertiary/aromatic N) is 1. The van der Waals surface area contributed by atoms with E-state index in [1.165, 1.54) is 18.3 Å². The molecule has 0 radical (unpaired) electrons. The van der Waals surface area contributed by atoms with Crippen LogP contribution in [0.4, 0.5) is 0 Å². The lowest BCUT2D eigenvalue weighted by Gasteiger charge is -2.25. The van der Waals surface area contributed by atoms with Crippen LogP contribution in [0.5, 0.6) is 0 Å². The Morgan fingerprint density at radius 1 is 1.60 bits per heavy atom. The van der Waals surface area contributed by atoms with Crippen molar-refractivity contribution in [2.45, 2.75) is 39.7 Å². The molecular weight excluding hydrogens is 210 g/mol. The van der Waals surface area contributed by atoms with Crippen LogP contribution in [0.25, 0.3) is 0 Å². The average molecular weight is 227 g/mol. The molecule has 1 aromatic heterocycles. The molecule has 3 nitrogen and oxygen atoms in total. The second-order valence-electron chi connectivity index (χ2n) is 3.61. The fourth-order valence-electron chi connectivity index (χ4n) is 1.31. The molecule has 0 aliphatic heterocycles. The molecule has 0 saturated heterocycles. The third kappa shape index (κ3) is 2.63. The van der Waals surface area contributed by atoms with Gasteiger partial charge >= 0.3 is 0 Å². The molecular formula is C11H17NO2S. The van der Waals surface area contributed by atoms with E-state index in [0.717, 1.165) is 11.4 Å². The van der Waals surface area contributed by atoms with Gasteiger partial charge in [-0.1, -0.05) is 6.92 Å². The van der Waals surface area contributed by atoms with Crippen molar-refractivity contribution >= 4 is 17.1 Å². The Balaban J connectivity index is 2.97. The van der Waals surface area contributed by atoms with Crippen molar-refractivity contribution in [3.05, 3.63) is 16.1 Å². The van der Waals surface area contributed by atoms with E-state index in [2.05, 4.69) is 11.9 Å². The smallest absolute Gasteiger partial charge is 0.178 e. The number of rotatable bonds is 5. The zero-order chi connectivity index (χ0) is 11.5. The monoisotopic (exact) mass is 227 g/mol. The summed E-state index contributed by atoms with van der Waals surface area (Å²) in [6.45, 7) is 8.22. The molecule has 0 saturated carbocycles. The summed E-state index contributed by atoms with van der Waals surface area (Å²) in [5, 5.41) is 2.68. The summed E-state index contributed by atoms with van der Waals surface area (Å²) in [4.78, 5) is 15.5. The van der Waals surface area contributed by atoms with Gasteiger partial charge in [0.15, 0.2) is 5.78 Å². The molecule has 0 aromatic carbocycles. The van der Waals surface area contributed by atoms with Crippen LogP contribution >= 0.6 is 11.3 Å². The van der Waals surface area contributed by atoms with Gasteiger partial charge in [0, 0.05) is 18.9 Å². The van der Waals surface area contributed by atoms with Crippen LogP contribution < -0.4 is 0 Å². The lowest BCUT2D eigenvalue weighted by atomic mass is 10.0. The number of ketones is 1. The van der Waals surface area contributed by atoms with Crippen LogP contribution in [-0.2, 0) is 10.3 Å². The maximum atomic E-state index is 11.1. The Kier molecular flexibility index (Phi) is 3.99. The molecule has 1 atom stereocenters. The Labute approximate surface area is 94.5 Å². The van der Waals surface area contributed by atoms with Crippen LogP contribution in [-0.4, -0.2) is 17.4 Å². The first-order valence-corrected chi connectivity index (χ1v) is 6.02. The Bertz CT molecular complexity index is 348. The zero-order valence-corrected chi connectivity index (χ0v) is 10.5. The van der Waals surface area contributed by atoms with Crippen LogP contribution in [0.2, 0.25) is 0 Å². The van der Waals surface area contributed by atoms with Gasteiger partial charge in [0.05, 0.1) is 0 Å². The zero-order valence-electron chi connectivity index (χ0n) is 9.66. The molecule has 0 bridgehead atoms. The summed E-state index contributed by atoms with van der Waals surface area (Å²) in [6, 6.07) is 0. The van der Waals surface area contributed by atoms with E-state index >= 15 is 0 Å². The topological polar surface area (TPSA) is 39.2 Å². The highest BCUT2D eigenvalue weighted by molar-refractivity contribution is 7.10. The minimum Gasteiger partial charge on any atom is -0.368 e. The van der Waals surface area contributed by atoms with Crippen molar-refractivity contribution in [3.63, 3.8) is 0 Å². The largest absolute Gasteiger partial charge is 0.368 e. The van der Waals surface area contributed by atoms with Gasteiger partial charge in [-0.2, -0.15) is 0 Å². The first-order chi connectivity index (χ1) is 7.03. The lowest BCUT2D eigenvalue weighted by Crippen LogP contribution is -2.25. The molecule has 1 heterocycles. The van der Waals surface area contributed by atoms with Gasteiger partial charge in [0.1, 0.15) is 16.3 Å². The maximum Gasteiger partial charge on any atom is 0.178 e. The number of carbonyl (C=O) groups excluding carboxylic acids is 1. The Morgan fingerprint density at radius 2 is 2.27 bits per heavy atom. The predicted molar refractivity (Wildman–Crippen MR) is 61.4 cm³/mol. The second-order valence-corrected chi connectivity index (χ2v) is 4.47. The van der Waals surface area contributed by atoms with E-state index in [9.17, 15) is 4.79 Å². The quantitative estimate of drug-likeness (QED) is 0.726. The Morgan fingerprint density at radius 3 is 2.67 bits per heavy atom. The molecule has 0 fully saturated rings. The second kappa shape index (κ2) is 4.86. The van der Waals surface area contributed by atoms with Gasteiger partial charge in [-0.25, -0.2) is 4.98 Å². The number of hydrogen-bond acceptors (Lipinski definition) is 4. The predicted octanol–water partition coefficient (Wildman–Crippen LogP) is 3.01. The van der Waals surface area contributed by atoms with E-state index in [1.807, 2.05) is 13.8 Å². The number of carbonyl (C=O) groups is 1. The van der Waals surface area contributed by atoms with Gasteiger partial charge in [-0.3, -0.25) is 4.79 Å². The fourth-order valence-corrected chi connectivity index (χ4v) is 2.36. The normalized spacial score (nSPS) is 14.9. The minimum absolute atomic E-state index is 0.00690. The van der Waals surface area contributed by atoms with Crippen molar-refractivity contribution in [2.24, 2.45) is 0 Å². The van der Waals surface area contributed by atoms with E-state index in [4.69, 9.17) is 4.74 Å². The number of ether oxygens (including phenoxy) is 1. The third-order valence-electron chi connectivity index (χ3n) is 2.45. The number of Topliss-reactive ketones (excluding diaryl/α,β-unsaturated/α-hetero) is 1. The molecule has 84 valence electrons. The molecule has 15 heavy (non-hydrogen) atoms. The fraction of sp³-hybridized carbons (Fsp3) is 0.636. The first-order valence-electron chi connectivity index (χ1n) is 5.14. The van der Waals surface area contributed by atoms with E-state index in [1.54, 1.807) is 5.38 Å². The SMILES string of the molecule is CCOC(C)(CC)c1nc(C(C)=O)cs1. The van der Waals surface area contributed by atoms with Crippen LogP contribution in [0.3, 0.4) is 0 Å². The summed E-state index contributed by atoms with van der Waals surface area (Å²) >= 11 is 1.49. The van der Waals surface area contributed by atoms with Gasteiger partial charge < -0.3 is 4.74 Å². The maximum absolute atomic E-state index is 11.1.